The van der Waals surface area contributed by atoms with Crippen LogP contribution < -0.4 is 10.6 Å². The third-order valence-corrected chi connectivity index (χ3v) is 5.58. The Morgan fingerprint density at radius 3 is 2.19 bits per heavy atom. The summed E-state index contributed by atoms with van der Waals surface area (Å²) in [7, 11) is 1.78. The Morgan fingerprint density at radius 2 is 1.68 bits per heavy atom. The molecule has 2 rings (SSSR count). The van der Waals surface area contributed by atoms with Crippen LogP contribution in [0.3, 0.4) is 0 Å². The standard InChI is InChI=1S/C24H41N5O2/c1-17(2)29(18(3)4)13-12-26-24(25-7)27-14-21-8-10-22(11-9-21)23(30)28-15-19(5)31-20(6)16-28/h8-11,17-20H,12-16H2,1-7H3,(H2,25,26,27). The molecule has 0 aromatic heterocycles. The van der Waals surface area contributed by atoms with Crippen LogP contribution in [0.1, 0.15) is 57.5 Å². The van der Waals surface area contributed by atoms with E-state index in [0.717, 1.165) is 30.2 Å². The highest BCUT2D eigenvalue weighted by Crippen LogP contribution is 2.15. The Kier molecular flexibility index (Phi) is 9.78. The molecule has 0 saturated carbocycles. The Morgan fingerprint density at radius 1 is 1.10 bits per heavy atom. The maximum atomic E-state index is 12.8. The molecule has 1 aromatic carbocycles. The number of amides is 1. The molecule has 2 atom stereocenters. The molecule has 7 heteroatoms. The zero-order chi connectivity index (χ0) is 23.0. The van der Waals surface area contributed by atoms with Crippen molar-refractivity contribution in [2.75, 3.05) is 33.2 Å². The smallest absolute Gasteiger partial charge is 0.254 e. The van der Waals surface area contributed by atoms with Crippen LogP contribution in [-0.4, -0.2) is 79.2 Å². The van der Waals surface area contributed by atoms with Gasteiger partial charge in [-0.05, 0) is 59.2 Å². The molecule has 0 spiro atoms. The largest absolute Gasteiger partial charge is 0.372 e. The Balaban J connectivity index is 1.83. The summed E-state index contributed by atoms with van der Waals surface area (Å²) in [4.78, 5) is 21.5. The van der Waals surface area contributed by atoms with E-state index in [0.29, 0.717) is 31.7 Å². The topological polar surface area (TPSA) is 69.2 Å². The molecular formula is C24H41N5O2. The van der Waals surface area contributed by atoms with Gasteiger partial charge in [0.15, 0.2) is 5.96 Å². The van der Waals surface area contributed by atoms with Crippen LogP contribution in [0.5, 0.6) is 0 Å². The van der Waals surface area contributed by atoms with Crippen LogP contribution in [0.15, 0.2) is 29.3 Å². The van der Waals surface area contributed by atoms with E-state index in [1.54, 1.807) is 7.05 Å². The first kappa shape index (κ1) is 25.1. The molecule has 1 aliphatic rings. The summed E-state index contributed by atoms with van der Waals surface area (Å²) < 4.78 is 5.73. The van der Waals surface area contributed by atoms with Gasteiger partial charge in [-0.1, -0.05) is 12.1 Å². The number of carbonyl (C=O) groups is 1. The Hall–Kier alpha value is -2.12. The van der Waals surface area contributed by atoms with E-state index in [2.05, 4.69) is 48.2 Å². The summed E-state index contributed by atoms with van der Waals surface area (Å²) in [6.45, 7) is 16.6. The lowest BCUT2D eigenvalue weighted by Crippen LogP contribution is -2.48. The molecule has 0 radical (unpaired) electrons. The van der Waals surface area contributed by atoms with Gasteiger partial charge in [-0.25, -0.2) is 0 Å². The van der Waals surface area contributed by atoms with Gasteiger partial charge in [-0.15, -0.1) is 0 Å². The molecule has 0 bridgehead atoms. The fourth-order valence-electron chi connectivity index (χ4n) is 4.11. The van der Waals surface area contributed by atoms with Gasteiger partial charge in [-0.2, -0.15) is 0 Å². The molecule has 2 N–H and O–H groups in total. The van der Waals surface area contributed by atoms with Crippen molar-refractivity contribution in [3.63, 3.8) is 0 Å². The lowest BCUT2D eigenvalue weighted by Gasteiger charge is -2.35. The van der Waals surface area contributed by atoms with Crippen LogP contribution in [0, 0.1) is 0 Å². The van der Waals surface area contributed by atoms with Crippen molar-refractivity contribution in [3.8, 4) is 0 Å². The molecule has 174 valence electrons. The predicted octanol–water partition coefficient (Wildman–Crippen LogP) is 2.72. The average Bonchev–Trinajstić information content (AvgIpc) is 2.71. The predicted molar refractivity (Wildman–Crippen MR) is 128 cm³/mol. The van der Waals surface area contributed by atoms with Crippen molar-refractivity contribution < 1.29 is 9.53 Å². The summed E-state index contributed by atoms with van der Waals surface area (Å²) in [6.07, 6.45) is 0.146. The normalized spacial score (nSPS) is 19.9. The minimum Gasteiger partial charge on any atom is -0.372 e. The van der Waals surface area contributed by atoms with E-state index < -0.39 is 0 Å². The van der Waals surface area contributed by atoms with E-state index in [9.17, 15) is 4.79 Å². The second kappa shape index (κ2) is 12.1. The average molecular weight is 432 g/mol. The minimum atomic E-state index is 0.0684. The van der Waals surface area contributed by atoms with Gasteiger partial charge in [0.25, 0.3) is 5.91 Å². The summed E-state index contributed by atoms with van der Waals surface area (Å²) in [5.41, 5.74) is 1.82. The van der Waals surface area contributed by atoms with E-state index in [-0.39, 0.29) is 18.1 Å². The molecule has 7 nitrogen and oxygen atoms in total. The molecule has 1 aromatic rings. The number of ether oxygens (including phenoxy) is 1. The molecular weight excluding hydrogens is 390 g/mol. The van der Waals surface area contributed by atoms with E-state index in [1.807, 2.05) is 43.0 Å². The maximum Gasteiger partial charge on any atom is 0.254 e. The molecule has 1 fully saturated rings. The number of guanidine groups is 1. The third-order valence-electron chi connectivity index (χ3n) is 5.58. The lowest BCUT2D eigenvalue weighted by molar-refractivity contribution is -0.0586. The number of nitrogens with one attached hydrogen (secondary N) is 2. The second-order valence-corrected chi connectivity index (χ2v) is 8.94. The minimum absolute atomic E-state index is 0.0684. The van der Waals surface area contributed by atoms with E-state index >= 15 is 0 Å². The van der Waals surface area contributed by atoms with Gasteiger partial charge in [0.2, 0.25) is 0 Å². The fraction of sp³-hybridized carbons (Fsp3) is 0.667. The number of morpholine rings is 1. The monoisotopic (exact) mass is 431 g/mol. The maximum absolute atomic E-state index is 12.8. The third kappa shape index (κ3) is 7.82. The summed E-state index contributed by atoms with van der Waals surface area (Å²) in [6, 6.07) is 8.84. The zero-order valence-corrected chi connectivity index (χ0v) is 20.3. The van der Waals surface area contributed by atoms with Crippen molar-refractivity contribution in [1.29, 1.82) is 0 Å². The molecule has 2 unspecified atom stereocenters. The van der Waals surface area contributed by atoms with Crippen molar-refractivity contribution in [2.45, 2.75) is 72.4 Å². The molecule has 1 aliphatic heterocycles. The number of aliphatic imine (C=N–C) groups is 1. The SMILES string of the molecule is CN=C(NCCN(C(C)C)C(C)C)NCc1ccc(C(=O)N2CC(C)OC(C)C2)cc1. The summed E-state index contributed by atoms with van der Waals surface area (Å²) in [5, 5.41) is 6.74. The fourth-order valence-corrected chi connectivity index (χ4v) is 4.11. The number of carbonyl (C=O) groups excluding carboxylic acids is 1. The second-order valence-electron chi connectivity index (χ2n) is 8.94. The van der Waals surface area contributed by atoms with E-state index in [4.69, 9.17) is 4.74 Å². The Bertz CT molecular complexity index is 699. The first-order valence-electron chi connectivity index (χ1n) is 11.4. The van der Waals surface area contributed by atoms with Crippen molar-refractivity contribution >= 4 is 11.9 Å². The lowest BCUT2D eigenvalue weighted by atomic mass is 10.1. The molecule has 1 heterocycles. The van der Waals surface area contributed by atoms with Gasteiger partial charge < -0.3 is 20.3 Å². The van der Waals surface area contributed by atoms with E-state index in [1.165, 1.54) is 0 Å². The van der Waals surface area contributed by atoms with Gasteiger partial charge in [0.1, 0.15) is 0 Å². The highest BCUT2D eigenvalue weighted by atomic mass is 16.5. The summed E-state index contributed by atoms with van der Waals surface area (Å²) in [5.74, 6) is 0.850. The highest BCUT2D eigenvalue weighted by molar-refractivity contribution is 5.94. The molecule has 0 aliphatic carbocycles. The molecule has 1 saturated heterocycles. The highest BCUT2D eigenvalue weighted by Gasteiger charge is 2.26. The van der Waals surface area contributed by atoms with Gasteiger partial charge in [-0.3, -0.25) is 14.7 Å². The zero-order valence-electron chi connectivity index (χ0n) is 20.3. The number of hydrogen-bond acceptors (Lipinski definition) is 4. The first-order chi connectivity index (χ1) is 14.7. The van der Waals surface area contributed by atoms with Crippen molar-refractivity contribution in [1.82, 2.24) is 20.4 Å². The first-order valence-corrected chi connectivity index (χ1v) is 11.4. The molecule has 31 heavy (non-hydrogen) atoms. The van der Waals surface area contributed by atoms with Crippen LogP contribution in [0.4, 0.5) is 0 Å². The van der Waals surface area contributed by atoms with Crippen LogP contribution in [0.2, 0.25) is 0 Å². The van der Waals surface area contributed by atoms with Crippen LogP contribution in [-0.2, 0) is 11.3 Å². The number of benzene rings is 1. The van der Waals surface area contributed by atoms with Gasteiger partial charge >= 0.3 is 0 Å². The van der Waals surface area contributed by atoms with Gasteiger partial charge in [0.05, 0.1) is 12.2 Å². The molecule has 1 amide bonds. The van der Waals surface area contributed by atoms with Crippen LogP contribution in [0.25, 0.3) is 0 Å². The number of rotatable bonds is 8. The Labute approximate surface area is 188 Å². The number of hydrogen-bond donors (Lipinski definition) is 2. The van der Waals surface area contributed by atoms with Gasteiger partial charge in [0, 0.05) is 57.4 Å². The summed E-state index contributed by atoms with van der Waals surface area (Å²) >= 11 is 0. The quantitative estimate of drug-likeness (QED) is 0.489. The number of nitrogens with zero attached hydrogens (tertiary/aromatic N) is 3. The van der Waals surface area contributed by atoms with Crippen molar-refractivity contribution in [3.05, 3.63) is 35.4 Å². The van der Waals surface area contributed by atoms with Crippen LogP contribution >= 0.6 is 0 Å². The van der Waals surface area contributed by atoms with Crippen molar-refractivity contribution in [2.24, 2.45) is 4.99 Å².